The second kappa shape index (κ2) is 5.88. The number of nitrogens with one attached hydrogen (secondary N) is 2. The minimum atomic E-state index is -1.35. The van der Waals surface area contributed by atoms with Crippen molar-refractivity contribution in [3.8, 4) is 0 Å². The van der Waals surface area contributed by atoms with Crippen molar-refractivity contribution in [1.82, 2.24) is 10.2 Å². The number of fused-ring (bicyclic) bond motifs is 1. The number of aromatic amines is 2. The molecule has 3 unspecified atom stereocenters. The summed E-state index contributed by atoms with van der Waals surface area (Å²) in [4.78, 5) is 25.3. The predicted octanol–water partition coefficient (Wildman–Crippen LogP) is 2.10. The zero-order valence-electron chi connectivity index (χ0n) is 14.9. The van der Waals surface area contributed by atoms with Gasteiger partial charge in [-0.25, -0.2) is 0 Å². The highest BCUT2D eigenvalue weighted by atomic mass is 16.6. The predicted molar refractivity (Wildman–Crippen MR) is 93.4 cm³/mol. The van der Waals surface area contributed by atoms with E-state index in [2.05, 4.69) is 10.2 Å². The molecule has 6 nitrogen and oxygen atoms in total. The van der Waals surface area contributed by atoms with Crippen molar-refractivity contribution in [1.29, 1.82) is 0 Å². The van der Waals surface area contributed by atoms with E-state index in [1.165, 1.54) is 0 Å². The molecule has 1 aliphatic rings. The first-order chi connectivity index (χ1) is 11.6. The summed E-state index contributed by atoms with van der Waals surface area (Å²) in [5.41, 5.74) is -0.380. The number of hydrogen-bond acceptors (Lipinski definition) is 4. The summed E-state index contributed by atoms with van der Waals surface area (Å²) in [5.74, 6) is -1.96. The summed E-state index contributed by atoms with van der Waals surface area (Å²) in [6.07, 6.45) is 0.175. The number of H-pyrrole nitrogens is 2. The molecule has 3 rings (SSSR count). The maximum Gasteiger partial charge on any atom is 0.313 e. The fourth-order valence-corrected chi connectivity index (χ4v) is 3.64. The van der Waals surface area contributed by atoms with Crippen molar-refractivity contribution in [3.63, 3.8) is 0 Å². The van der Waals surface area contributed by atoms with Gasteiger partial charge in [0.2, 0.25) is 0 Å². The monoisotopic (exact) mass is 344 g/mol. The highest BCUT2D eigenvalue weighted by Gasteiger charge is 2.51. The third-order valence-electron chi connectivity index (χ3n) is 4.57. The van der Waals surface area contributed by atoms with Gasteiger partial charge in [-0.15, -0.1) is 0 Å². The summed E-state index contributed by atoms with van der Waals surface area (Å²) >= 11 is 0. The average Bonchev–Trinajstić information content (AvgIpc) is 2.84. The van der Waals surface area contributed by atoms with Crippen molar-refractivity contribution >= 4 is 5.97 Å². The number of carbonyl (C=O) groups excluding carboxylic acids is 1. The average molecular weight is 344 g/mol. The van der Waals surface area contributed by atoms with Crippen molar-refractivity contribution < 1.29 is 14.6 Å². The zero-order valence-corrected chi connectivity index (χ0v) is 14.9. The number of hydrogen-bond donors (Lipinski definition) is 3. The SMILES string of the molecule is CC(C)(C)OC(=O)C1C(c2ccccc2)c2c([nH][nH]c2=O)CC1(C)O. The van der Waals surface area contributed by atoms with Crippen molar-refractivity contribution in [3.05, 3.63) is 57.5 Å². The van der Waals surface area contributed by atoms with Crippen LogP contribution in [0.3, 0.4) is 0 Å². The van der Waals surface area contributed by atoms with Gasteiger partial charge in [0, 0.05) is 23.6 Å². The molecule has 0 radical (unpaired) electrons. The van der Waals surface area contributed by atoms with E-state index < -0.39 is 29.0 Å². The number of aliphatic hydroxyl groups is 1. The Balaban J connectivity index is 2.17. The van der Waals surface area contributed by atoms with Crippen LogP contribution >= 0.6 is 0 Å². The van der Waals surface area contributed by atoms with Crippen LogP contribution < -0.4 is 5.56 Å². The number of benzene rings is 1. The molecule has 0 amide bonds. The third kappa shape index (κ3) is 3.26. The summed E-state index contributed by atoms with van der Waals surface area (Å²) in [5, 5.41) is 16.5. The Labute approximate surface area is 146 Å². The Morgan fingerprint density at radius 2 is 1.88 bits per heavy atom. The third-order valence-corrected chi connectivity index (χ3v) is 4.57. The summed E-state index contributed by atoms with van der Waals surface area (Å²) in [6.45, 7) is 6.98. The number of esters is 1. The van der Waals surface area contributed by atoms with E-state index in [0.29, 0.717) is 11.3 Å². The van der Waals surface area contributed by atoms with E-state index in [0.717, 1.165) is 5.56 Å². The highest BCUT2D eigenvalue weighted by Crippen LogP contribution is 2.44. The Kier molecular flexibility index (Phi) is 4.11. The molecule has 1 heterocycles. The maximum absolute atomic E-state index is 13.0. The summed E-state index contributed by atoms with van der Waals surface area (Å²) in [7, 11) is 0. The fourth-order valence-electron chi connectivity index (χ4n) is 3.64. The van der Waals surface area contributed by atoms with Crippen LogP contribution in [0.25, 0.3) is 0 Å². The smallest absolute Gasteiger partial charge is 0.313 e. The second-order valence-corrected chi connectivity index (χ2v) is 7.90. The zero-order chi connectivity index (χ0) is 18.4. The Bertz CT molecular complexity index is 827. The van der Waals surface area contributed by atoms with Crippen LogP contribution in [0.1, 0.15) is 50.4 Å². The molecule has 0 bridgehead atoms. The standard InChI is InChI=1S/C19H24N2O4/c1-18(2,3)25-17(23)15-13(11-8-6-5-7-9-11)14-12(10-19(15,4)24)20-21-16(14)22/h5-9,13,15,24H,10H2,1-4H3,(H2,20,21,22). The van der Waals surface area contributed by atoms with Gasteiger partial charge < -0.3 is 14.9 Å². The molecule has 0 saturated carbocycles. The Morgan fingerprint density at radius 3 is 2.48 bits per heavy atom. The van der Waals surface area contributed by atoms with Gasteiger partial charge in [-0.2, -0.15) is 0 Å². The van der Waals surface area contributed by atoms with Crippen LogP contribution in [0.5, 0.6) is 0 Å². The van der Waals surface area contributed by atoms with Gasteiger partial charge in [0.05, 0.1) is 11.5 Å². The molecule has 6 heteroatoms. The molecule has 0 aliphatic heterocycles. The number of carbonyl (C=O) groups is 1. The number of rotatable bonds is 2. The first-order valence-electron chi connectivity index (χ1n) is 8.40. The van der Waals surface area contributed by atoms with Crippen molar-refractivity contribution in [2.75, 3.05) is 0 Å². The van der Waals surface area contributed by atoms with Crippen LogP contribution in [-0.2, 0) is 16.0 Å². The summed E-state index contributed by atoms with van der Waals surface area (Å²) in [6, 6.07) is 9.30. The van der Waals surface area contributed by atoms with Gasteiger partial charge in [-0.3, -0.25) is 14.7 Å². The fraction of sp³-hybridized carbons (Fsp3) is 0.474. The van der Waals surface area contributed by atoms with E-state index >= 15 is 0 Å². The van der Waals surface area contributed by atoms with Crippen LogP contribution in [0.2, 0.25) is 0 Å². The van der Waals surface area contributed by atoms with Crippen LogP contribution in [-0.4, -0.2) is 32.5 Å². The van der Waals surface area contributed by atoms with Gasteiger partial charge in [0.15, 0.2) is 0 Å². The molecule has 0 saturated heterocycles. The molecule has 3 atom stereocenters. The normalized spacial score (nSPS) is 26.1. The molecule has 25 heavy (non-hydrogen) atoms. The second-order valence-electron chi connectivity index (χ2n) is 7.90. The van der Waals surface area contributed by atoms with E-state index in [9.17, 15) is 14.7 Å². The van der Waals surface area contributed by atoms with Crippen molar-refractivity contribution in [2.45, 2.75) is 51.2 Å². The largest absolute Gasteiger partial charge is 0.460 e. The lowest BCUT2D eigenvalue weighted by molar-refractivity contribution is -0.171. The molecule has 1 aliphatic carbocycles. The lowest BCUT2D eigenvalue weighted by atomic mass is 9.66. The summed E-state index contributed by atoms with van der Waals surface area (Å²) < 4.78 is 5.57. The van der Waals surface area contributed by atoms with Gasteiger partial charge in [0.1, 0.15) is 5.60 Å². The van der Waals surface area contributed by atoms with E-state index in [1.54, 1.807) is 27.7 Å². The van der Waals surface area contributed by atoms with E-state index in [4.69, 9.17) is 4.74 Å². The van der Waals surface area contributed by atoms with E-state index in [1.807, 2.05) is 30.3 Å². The van der Waals surface area contributed by atoms with Gasteiger partial charge in [-0.05, 0) is 33.3 Å². The van der Waals surface area contributed by atoms with Crippen LogP contribution in [0, 0.1) is 5.92 Å². The molecular weight excluding hydrogens is 320 g/mol. The highest BCUT2D eigenvalue weighted by molar-refractivity contribution is 5.77. The Hall–Kier alpha value is -2.34. The lowest BCUT2D eigenvalue weighted by Gasteiger charge is -2.41. The minimum Gasteiger partial charge on any atom is -0.460 e. The quantitative estimate of drug-likeness (QED) is 0.727. The van der Waals surface area contributed by atoms with Crippen LogP contribution in [0.4, 0.5) is 0 Å². The molecule has 1 aromatic heterocycles. The van der Waals surface area contributed by atoms with E-state index in [-0.39, 0.29) is 12.0 Å². The van der Waals surface area contributed by atoms with Crippen molar-refractivity contribution in [2.24, 2.45) is 5.92 Å². The van der Waals surface area contributed by atoms with Crippen LogP contribution in [0.15, 0.2) is 35.1 Å². The first kappa shape index (κ1) is 17.5. The molecular formula is C19H24N2O4. The molecule has 2 aromatic rings. The molecule has 3 N–H and O–H groups in total. The molecule has 0 spiro atoms. The van der Waals surface area contributed by atoms with Gasteiger partial charge in [0.25, 0.3) is 5.56 Å². The first-order valence-corrected chi connectivity index (χ1v) is 8.40. The maximum atomic E-state index is 13.0. The molecule has 1 aromatic carbocycles. The Morgan fingerprint density at radius 1 is 1.24 bits per heavy atom. The molecule has 134 valence electrons. The topological polar surface area (TPSA) is 95.2 Å². The number of ether oxygens (including phenoxy) is 1. The lowest BCUT2D eigenvalue weighted by Crippen LogP contribution is -2.51. The number of aromatic nitrogens is 2. The van der Waals surface area contributed by atoms with Gasteiger partial charge in [-0.1, -0.05) is 30.3 Å². The molecule has 0 fully saturated rings. The minimum absolute atomic E-state index is 0.175. The van der Waals surface area contributed by atoms with Gasteiger partial charge >= 0.3 is 5.97 Å².